The molecule has 1 aromatic carbocycles. The van der Waals surface area contributed by atoms with Crippen molar-refractivity contribution >= 4 is 17.6 Å². The SMILES string of the molecule is COc1ccccc1C(CNC(=O)c1cn2cc(C)ccc2n1)NC(=O)OC(C)(C)C. The zero-order chi connectivity index (χ0) is 22.6. The molecule has 0 saturated carbocycles. The summed E-state index contributed by atoms with van der Waals surface area (Å²) in [6.45, 7) is 7.47. The minimum Gasteiger partial charge on any atom is -0.496 e. The number of para-hydroxylation sites is 1. The van der Waals surface area contributed by atoms with Crippen molar-refractivity contribution in [2.75, 3.05) is 13.7 Å². The molecule has 3 rings (SSSR count). The van der Waals surface area contributed by atoms with Gasteiger partial charge in [0.05, 0.1) is 13.2 Å². The summed E-state index contributed by atoms with van der Waals surface area (Å²) in [7, 11) is 1.56. The maximum absolute atomic E-state index is 12.7. The number of methoxy groups -OCH3 is 1. The lowest BCUT2D eigenvalue weighted by Crippen LogP contribution is -2.40. The highest BCUT2D eigenvalue weighted by atomic mass is 16.6. The molecule has 31 heavy (non-hydrogen) atoms. The van der Waals surface area contributed by atoms with Crippen molar-refractivity contribution in [3.63, 3.8) is 0 Å². The van der Waals surface area contributed by atoms with Crippen LogP contribution in [0.4, 0.5) is 4.79 Å². The van der Waals surface area contributed by atoms with E-state index in [1.54, 1.807) is 44.5 Å². The Morgan fingerprint density at radius 1 is 1.13 bits per heavy atom. The molecular formula is C23H28N4O4. The number of rotatable bonds is 6. The van der Waals surface area contributed by atoms with Crippen LogP contribution in [0.5, 0.6) is 5.75 Å². The van der Waals surface area contributed by atoms with E-state index in [0.717, 1.165) is 11.1 Å². The van der Waals surface area contributed by atoms with Crippen molar-refractivity contribution in [1.29, 1.82) is 0 Å². The zero-order valence-corrected chi connectivity index (χ0v) is 18.4. The number of fused-ring (bicyclic) bond motifs is 1. The summed E-state index contributed by atoms with van der Waals surface area (Å²) >= 11 is 0. The molecule has 2 N–H and O–H groups in total. The number of ether oxygens (including phenoxy) is 2. The van der Waals surface area contributed by atoms with Crippen LogP contribution in [0.3, 0.4) is 0 Å². The van der Waals surface area contributed by atoms with Gasteiger partial charge in [-0.3, -0.25) is 4.79 Å². The summed E-state index contributed by atoms with van der Waals surface area (Å²) in [5.41, 5.74) is 2.12. The third kappa shape index (κ3) is 5.75. The van der Waals surface area contributed by atoms with Gasteiger partial charge < -0.3 is 24.5 Å². The number of benzene rings is 1. The molecule has 2 heterocycles. The third-order valence-corrected chi connectivity index (χ3v) is 4.50. The van der Waals surface area contributed by atoms with Gasteiger partial charge in [0.15, 0.2) is 0 Å². The van der Waals surface area contributed by atoms with Crippen LogP contribution in [0.2, 0.25) is 0 Å². The Morgan fingerprint density at radius 2 is 1.87 bits per heavy atom. The summed E-state index contributed by atoms with van der Waals surface area (Å²) in [4.78, 5) is 29.5. The molecule has 0 bridgehead atoms. The van der Waals surface area contributed by atoms with E-state index in [1.807, 2.05) is 43.5 Å². The molecule has 8 heteroatoms. The molecule has 0 aliphatic carbocycles. The number of carbonyl (C=O) groups is 2. The molecule has 0 aliphatic heterocycles. The lowest BCUT2D eigenvalue weighted by molar-refractivity contribution is 0.0500. The Bertz CT molecular complexity index is 1080. The minimum atomic E-state index is -0.646. The zero-order valence-electron chi connectivity index (χ0n) is 18.4. The maximum Gasteiger partial charge on any atom is 0.408 e. The van der Waals surface area contributed by atoms with Crippen LogP contribution in [0.15, 0.2) is 48.8 Å². The summed E-state index contributed by atoms with van der Waals surface area (Å²) in [5, 5.41) is 5.68. The van der Waals surface area contributed by atoms with Gasteiger partial charge in [-0.05, 0) is 45.4 Å². The first kappa shape index (κ1) is 22.1. The fourth-order valence-electron chi connectivity index (χ4n) is 3.14. The van der Waals surface area contributed by atoms with E-state index in [4.69, 9.17) is 9.47 Å². The van der Waals surface area contributed by atoms with E-state index in [0.29, 0.717) is 17.1 Å². The number of hydrogen-bond donors (Lipinski definition) is 2. The monoisotopic (exact) mass is 424 g/mol. The standard InChI is InChI=1S/C23H28N4O4/c1-15-10-11-20-25-18(14-27(20)13-15)21(28)24-12-17(26-22(29)31-23(2,3)4)16-8-6-7-9-19(16)30-5/h6-11,13-14,17H,12H2,1-5H3,(H,24,28)(H,26,29). The summed E-state index contributed by atoms with van der Waals surface area (Å²) in [6, 6.07) is 10.5. The van der Waals surface area contributed by atoms with Gasteiger partial charge in [-0.15, -0.1) is 0 Å². The number of nitrogens with zero attached hydrogens (tertiary/aromatic N) is 2. The molecule has 0 saturated heterocycles. The minimum absolute atomic E-state index is 0.130. The molecule has 0 radical (unpaired) electrons. The Kier molecular flexibility index (Phi) is 6.48. The topological polar surface area (TPSA) is 94.0 Å². The molecule has 3 aromatic rings. The smallest absolute Gasteiger partial charge is 0.408 e. The van der Waals surface area contributed by atoms with Crippen molar-refractivity contribution in [3.8, 4) is 5.75 Å². The van der Waals surface area contributed by atoms with Gasteiger partial charge in [0.25, 0.3) is 5.91 Å². The van der Waals surface area contributed by atoms with Crippen LogP contribution in [-0.2, 0) is 4.74 Å². The van der Waals surface area contributed by atoms with Crippen LogP contribution >= 0.6 is 0 Å². The van der Waals surface area contributed by atoms with E-state index < -0.39 is 17.7 Å². The molecule has 0 spiro atoms. The number of aromatic nitrogens is 2. The van der Waals surface area contributed by atoms with Crippen molar-refractivity contribution in [2.45, 2.75) is 39.3 Å². The molecule has 8 nitrogen and oxygen atoms in total. The Balaban J connectivity index is 1.78. The summed E-state index contributed by atoms with van der Waals surface area (Å²) < 4.78 is 12.6. The van der Waals surface area contributed by atoms with Crippen molar-refractivity contribution in [2.24, 2.45) is 0 Å². The van der Waals surface area contributed by atoms with Crippen LogP contribution < -0.4 is 15.4 Å². The predicted octanol–water partition coefficient (Wildman–Crippen LogP) is 3.65. The number of nitrogens with one attached hydrogen (secondary N) is 2. The lowest BCUT2D eigenvalue weighted by atomic mass is 10.1. The Hall–Kier alpha value is -3.55. The fourth-order valence-corrected chi connectivity index (χ4v) is 3.14. The van der Waals surface area contributed by atoms with E-state index in [1.165, 1.54) is 0 Å². The predicted molar refractivity (Wildman–Crippen MR) is 117 cm³/mol. The van der Waals surface area contributed by atoms with Gasteiger partial charge in [0.2, 0.25) is 0 Å². The second kappa shape index (κ2) is 9.07. The van der Waals surface area contributed by atoms with Crippen LogP contribution in [0, 0.1) is 6.92 Å². The molecule has 1 unspecified atom stereocenters. The molecule has 2 aromatic heterocycles. The third-order valence-electron chi connectivity index (χ3n) is 4.50. The van der Waals surface area contributed by atoms with E-state index in [9.17, 15) is 9.59 Å². The van der Waals surface area contributed by atoms with Crippen molar-refractivity contribution < 1.29 is 19.1 Å². The number of aryl methyl sites for hydroxylation is 1. The molecule has 0 fully saturated rings. The van der Waals surface area contributed by atoms with Crippen LogP contribution in [0.1, 0.15) is 48.4 Å². The quantitative estimate of drug-likeness (QED) is 0.630. The first-order valence-electron chi connectivity index (χ1n) is 10.0. The highest BCUT2D eigenvalue weighted by Crippen LogP contribution is 2.25. The number of imidazole rings is 1. The van der Waals surface area contributed by atoms with Crippen LogP contribution in [0.25, 0.3) is 5.65 Å². The molecule has 164 valence electrons. The number of carbonyl (C=O) groups excluding carboxylic acids is 2. The Morgan fingerprint density at radius 3 is 2.58 bits per heavy atom. The molecular weight excluding hydrogens is 396 g/mol. The van der Waals surface area contributed by atoms with E-state index in [2.05, 4.69) is 15.6 Å². The Labute approximate surface area is 181 Å². The number of alkyl carbamates (subject to hydrolysis) is 1. The first-order valence-corrected chi connectivity index (χ1v) is 10.0. The van der Waals surface area contributed by atoms with E-state index >= 15 is 0 Å². The second-order valence-electron chi connectivity index (χ2n) is 8.25. The average molecular weight is 425 g/mol. The van der Waals surface area contributed by atoms with Crippen molar-refractivity contribution in [1.82, 2.24) is 20.0 Å². The average Bonchev–Trinajstić information content (AvgIpc) is 3.12. The highest BCUT2D eigenvalue weighted by molar-refractivity contribution is 5.92. The largest absolute Gasteiger partial charge is 0.496 e. The van der Waals surface area contributed by atoms with Gasteiger partial charge in [-0.25, -0.2) is 9.78 Å². The molecule has 2 amide bonds. The number of hydrogen-bond acceptors (Lipinski definition) is 5. The summed E-state index contributed by atoms with van der Waals surface area (Å²) in [5.74, 6) is 0.258. The first-order chi connectivity index (χ1) is 14.7. The molecule has 0 aliphatic rings. The number of pyridine rings is 1. The maximum atomic E-state index is 12.7. The van der Waals surface area contributed by atoms with Crippen molar-refractivity contribution in [3.05, 3.63) is 65.6 Å². The lowest BCUT2D eigenvalue weighted by Gasteiger charge is -2.25. The second-order valence-corrected chi connectivity index (χ2v) is 8.25. The van der Waals surface area contributed by atoms with Gasteiger partial charge in [0, 0.05) is 24.5 Å². The fraction of sp³-hybridized carbons (Fsp3) is 0.348. The highest BCUT2D eigenvalue weighted by Gasteiger charge is 2.23. The summed E-state index contributed by atoms with van der Waals surface area (Å²) in [6.07, 6.45) is 3.00. The van der Waals surface area contributed by atoms with Crippen LogP contribution in [-0.4, -0.2) is 40.6 Å². The van der Waals surface area contributed by atoms with Gasteiger partial charge in [-0.1, -0.05) is 24.3 Å². The normalized spacial score (nSPS) is 12.3. The van der Waals surface area contributed by atoms with Gasteiger partial charge in [0.1, 0.15) is 22.7 Å². The van der Waals surface area contributed by atoms with Gasteiger partial charge >= 0.3 is 6.09 Å². The van der Waals surface area contributed by atoms with Gasteiger partial charge in [-0.2, -0.15) is 0 Å². The number of amides is 2. The van der Waals surface area contributed by atoms with E-state index in [-0.39, 0.29) is 12.5 Å². The molecule has 1 atom stereocenters.